The van der Waals surface area contributed by atoms with Crippen LogP contribution in [0.4, 0.5) is 5.69 Å². The van der Waals surface area contributed by atoms with E-state index in [1.165, 1.54) is 0 Å². The summed E-state index contributed by atoms with van der Waals surface area (Å²) < 4.78 is 0. The summed E-state index contributed by atoms with van der Waals surface area (Å²) in [6, 6.07) is 7.69. The third-order valence-corrected chi connectivity index (χ3v) is 2.39. The van der Waals surface area contributed by atoms with E-state index in [2.05, 4.69) is 18.7 Å². The first-order valence-electron chi connectivity index (χ1n) is 5.82. The van der Waals surface area contributed by atoms with Crippen molar-refractivity contribution in [2.24, 2.45) is 11.7 Å². The van der Waals surface area contributed by atoms with Crippen LogP contribution >= 0.6 is 0 Å². The van der Waals surface area contributed by atoms with Gasteiger partial charge in [0.15, 0.2) is 0 Å². The number of primary amides is 1. The first-order chi connectivity index (χ1) is 7.97. The van der Waals surface area contributed by atoms with Gasteiger partial charge in [-0.25, -0.2) is 0 Å². The fourth-order valence-electron chi connectivity index (χ4n) is 1.80. The Balaban J connectivity index is 2.64. The number of rotatable bonds is 6. The van der Waals surface area contributed by atoms with Crippen LogP contribution in [-0.2, 0) is 11.3 Å². The van der Waals surface area contributed by atoms with Crippen molar-refractivity contribution in [3.63, 3.8) is 0 Å². The Labute approximate surface area is 103 Å². The van der Waals surface area contributed by atoms with E-state index in [0.29, 0.717) is 12.5 Å². The maximum atomic E-state index is 11.0. The van der Waals surface area contributed by atoms with Crippen LogP contribution in [0.25, 0.3) is 0 Å². The minimum atomic E-state index is -0.291. The molecule has 1 rings (SSSR count). The Kier molecular flexibility index (Phi) is 4.97. The lowest BCUT2D eigenvalue weighted by Crippen LogP contribution is -2.35. The van der Waals surface area contributed by atoms with Crippen LogP contribution < -0.4 is 11.5 Å². The van der Waals surface area contributed by atoms with Crippen molar-refractivity contribution in [3.05, 3.63) is 29.8 Å². The summed E-state index contributed by atoms with van der Waals surface area (Å²) in [6.45, 7) is 6.12. The van der Waals surface area contributed by atoms with Gasteiger partial charge in [0.2, 0.25) is 5.91 Å². The number of carbonyl (C=O) groups is 1. The molecule has 0 unspecified atom stereocenters. The number of amides is 1. The van der Waals surface area contributed by atoms with Gasteiger partial charge in [-0.1, -0.05) is 26.0 Å². The topological polar surface area (TPSA) is 72.3 Å². The minimum Gasteiger partial charge on any atom is -0.399 e. The summed E-state index contributed by atoms with van der Waals surface area (Å²) in [5.41, 5.74) is 12.8. The van der Waals surface area contributed by atoms with Crippen LogP contribution in [0.1, 0.15) is 19.4 Å². The third-order valence-electron chi connectivity index (χ3n) is 2.39. The molecule has 4 N–H and O–H groups in total. The normalized spacial score (nSPS) is 11.1. The van der Waals surface area contributed by atoms with Gasteiger partial charge in [0.25, 0.3) is 0 Å². The molecule has 0 spiro atoms. The summed E-state index contributed by atoms with van der Waals surface area (Å²) >= 11 is 0. The molecule has 0 saturated carbocycles. The van der Waals surface area contributed by atoms with Crippen LogP contribution in [0.3, 0.4) is 0 Å². The van der Waals surface area contributed by atoms with Gasteiger partial charge >= 0.3 is 0 Å². The molecule has 0 heterocycles. The molecule has 0 aliphatic heterocycles. The summed E-state index contributed by atoms with van der Waals surface area (Å²) in [6.07, 6.45) is 0. The van der Waals surface area contributed by atoms with Gasteiger partial charge in [-0.05, 0) is 23.6 Å². The fraction of sp³-hybridized carbons (Fsp3) is 0.462. The molecule has 0 aliphatic rings. The van der Waals surface area contributed by atoms with E-state index < -0.39 is 0 Å². The lowest BCUT2D eigenvalue weighted by atomic mass is 10.1. The molecule has 4 nitrogen and oxygen atoms in total. The zero-order valence-electron chi connectivity index (χ0n) is 10.5. The number of nitrogens with two attached hydrogens (primary N) is 2. The number of benzene rings is 1. The Morgan fingerprint density at radius 3 is 2.35 bits per heavy atom. The first kappa shape index (κ1) is 13.5. The van der Waals surface area contributed by atoms with E-state index in [9.17, 15) is 4.79 Å². The Morgan fingerprint density at radius 1 is 1.29 bits per heavy atom. The molecule has 0 radical (unpaired) electrons. The van der Waals surface area contributed by atoms with Crippen LogP contribution in [0.15, 0.2) is 24.3 Å². The second kappa shape index (κ2) is 6.25. The largest absolute Gasteiger partial charge is 0.399 e. The van der Waals surface area contributed by atoms with E-state index in [0.717, 1.165) is 24.3 Å². The first-order valence-corrected chi connectivity index (χ1v) is 5.82. The zero-order valence-corrected chi connectivity index (χ0v) is 10.5. The molecular formula is C13H21N3O. The minimum absolute atomic E-state index is 0.291. The molecule has 0 fully saturated rings. The van der Waals surface area contributed by atoms with Crippen molar-refractivity contribution in [2.75, 3.05) is 18.8 Å². The molecule has 0 aromatic heterocycles. The number of nitrogens with zero attached hydrogens (tertiary/aromatic N) is 1. The molecule has 0 aliphatic carbocycles. The van der Waals surface area contributed by atoms with Crippen molar-refractivity contribution >= 4 is 11.6 Å². The van der Waals surface area contributed by atoms with E-state index in [1.807, 2.05) is 24.3 Å². The van der Waals surface area contributed by atoms with Crippen LogP contribution in [-0.4, -0.2) is 23.9 Å². The number of carbonyl (C=O) groups excluding carboxylic acids is 1. The van der Waals surface area contributed by atoms with Gasteiger partial charge in [-0.15, -0.1) is 0 Å². The highest BCUT2D eigenvalue weighted by Gasteiger charge is 2.10. The number of hydrogen-bond acceptors (Lipinski definition) is 3. The molecule has 1 aromatic rings. The fourth-order valence-corrected chi connectivity index (χ4v) is 1.80. The number of anilines is 1. The van der Waals surface area contributed by atoms with Gasteiger partial charge in [-0.2, -0.15) is 0 Å². The van der Waals surface area contributed by atoms with Gasteiger partial charge in [0.1, 0.15) is 0 Å². The highest BCUT2D eigenvalue weighted by Crippen LogP contribution is 2.09. The summed E-state index contributed by atoms with van der Waals surface area (Å²) in [5.74, 6) is 0.212. The second-order valence-corrected chi connectivity index (χ2v) is 4.77. The van der Waals surface area contributed by atoms with Crippen molar-refractivity contribution in [1.82, 2.24) is 4.90 Å². The van der Waals surface area contributed by atoms with E-state index in [1.54, 1.807) is 0 Å². The Hall–Kier alpha value is -1.55. The molecule has 0 saturated heterocycles. The standard InChI is InChI=1S/C13H21N3O/c1-10(2)7-16(9-13(15)17)8-11-3-5-12(14)6-4-11/h3-6,10H,7-9,14H2,1-2H3,(H2,15,17). The third kappa shape index (κ3) is 5.36. The molecule has 17 heavy (non-hydrogen) atoms. The summed E-state index contributed by atoms with van der Waals surface area (Å²) in [5, 5.41) is 0. The van der Waals surface area contributed by atoms with Gasteiger partial charge in [0, 0.05) is 18.8 Å². The van der Waals surface area contributed by atoms with Crippen molar-refractivity contribution in [2.45, 2.75) is 20.4 Å². The smallest absolute Gasteiger partial charge is 0.231 e. The van der Waals surface area contributed by atoms with Gasteiger partial charge < -0.3 is 11.5 Å². The predicted molar refractivity (Wildman–Crippen MR) is 70.2 cm³/mol. The molecule has 0 bridgehead atoms. The van der Waals surface area contributed by atoms with Crippen LogP contribution in [0.5, 0.6) is 0 Å². The molecular weight excluding hydrogens is 214 g/mol. The highest BCUT2D eigenvalue weighted by atomic mass is 16.1. The monoisotopic (exact) mass is 235 g/mol. The molecule has 1 amide bonds. The predicted octanol–water partition coefficient (Wildman–Crippen LogP) is 1.21. The molecule has 94 valence electrons. The van der Waals surface area contributed by atoms with E-state index in [4.69, 9.17) is 11.5 Å². The molecule has 0 atom stereocenters. The van der Waals surface area contributed by atoms with Gasteiger partial charge in [-0.3, -0.25) is 9.69 Å². The lowest BCUT2D eigenvalue weighted by molar-refractivity contribution is -0.119. The highest BCUT2D eigenvalue weighted by molar-refractivity contribution is 5.75. The van der Waals surface area contributed by atoms with Crippen molar-refractivity contribution < 1.29 is 4.79 Å². The van der Waals surface area contributed by atoms with Gasteiger partial charge in [0.05, 0.1) is 6.54 Å². The zero-order chi connectivity index (χ0) is 12.8. The average molecular weight is 235 g/mol. The lowest BCUT2D eigenvalue weighted by Gasteiger charge is -2.22. The van der Waals surface area contributed by atoms with E-state index in [-0.39, 0.29) is 5.91 Å². The van der Waals surface area contributed by atoms with Crippen molar-refractivity contribution in [1.29, 1.82) is 0 Å². The summed E-state index contributed by atoms with van der Waals surface area (Å²) in [7, 11) is 0. The number of nitrogen functional groups attached to an aromatic ring is 1. The Morgan fingerprint density at radius 2 is 1.88 bits per heavy atom. The molecule has 4 heteroatoms. The van der Waals surface area contributed by atoms with Crippen molar-refractivity contribution in [3.8, 4) is 0 Å². The summed E-state index contributed by atoms with van der Waals surface area (Å²) in [4.78, 5) is 13.1. The maximum absolute atomic E-state index is 11.0. The van der Waals surface area contributed by atoms with Crippen LogP contribution in [0.2, 0.25) is 0 Å². The number of hydrogen-bond donors (Lipinski definition) is 2. The Bertz CT molecular complexity index is 359. The van der Waals surface area contributed by atoms with Crippen LogP contribution in [0, 0.1) is 5.92 Å². The average Bonchev–Trinajstić information content (AvgIpc) is 2.19. The van der Waals surface area contributed by atoms with E-state index >= 15 is 0 Å². The second-order valence-electron chi connectivity index (χ2n) is 4.77. The molecule has 1 aromatic carbocycles. The SMILES string of the molecule is CC(C)CN(CC(N)=O)Cc1ccc(N)cc1. The maximum Gasteiger partial charge on any atom is 0.231 e. The quantitative estimate of drug-likeness (QED) is 0.728.